The molecule has 1 amide bonds. The Labute approximate surface area is 200 Å². The highest BCUT2D eigenvalue weighted by atomic mass is 32.1. The first-order valence-electron chi connectivity index (χ1n) is 11.3. The molecule has 10 heteroatoms. The lowest BCUT2D eigenvalue weighted by Crippen LogP contribution is -2.53. The number of likely N-dealkylation sites (tertiary alicyclic amines) is 1. The smallest absolute Gasteiger partial charge is 0.326 e. The summed E-state index contributed by atoms with van der Waals surface area (Å²) in [6.07, 6.45) is -3.71. The normalized spacial score (nSPS) is 18.3. The Morgan fingerprint density at radius 1 is 1.18 bits per heavy atom. The third kappa shape index (κ3) is 5.38. The minimum absolute atomic E-state index is 0.0995. The maximum atomic E-state index is 13.6. The van der Waals surface area contributed by atoms with Crippen LogP contribution in [-0.2, 0) is 11.3 Å². The van der Waals surface area contributed by atoms with E-state index in [2.05, 4.69) is 14.9 Å². The second kappa shape index (κ2) is 9.58. The van der Waals surface area contributed by atoms with Gasteiger partial charge in [0.1, 0.15) is 0 Å². The Hall–Kier alpha value is -2.59. The van der Waals surface area contributed by atoms with Crippen LogP contribution in [0.15, 0.2) is 24.3 Å². The molecule has 2 atom stereocenters. The number of hydrogen-bond acceptors (Lipinski definition) is 6. The Morgan fingerprint density at radius 3 is 2.56 bits per heavy atom. The zero-order chi connectivity index (χ0) is 24.6. The van der Waals surface area contributed by atoms with Gasteiger partial charge in [0, 0.05) is 36.6 Å². The second-order valence-electron chi connectivity index (χ2n) is 8.95. The van der Waals surface area contributed by atoms with Gasteiger partial charge < -0.3 is 4.90 Å². The molecule has 6 nitrogen and oxygen atoms in total. The van der Waals surface area contributed by atoms with Gasteiger partial charge in [-0.25, -0.2) is 9.97 Å². The highest BCUT2D eigenvalue weighted by Gasteiger charge is 2.45. The predicted molar refractivity (Wildman–Crippen MR) is 125 cm³/mol. The minimum Gasteiger partial charge on any atom is -0.326 e. The van der Waals surface area contributed by atoms with Gasteiger partial charge in [-0.15, -0.1) is 11.3 Å². The van der Waals surface area contributed by atoms with Gasteiger partial charge in [0.15, 0.2) is 5.65 Å². The highest BCUT2D eigenvalue weighted by molar-refractivity contribution is 7.18. The molecule has 3 aromatic rings. The van der Waals surface area contributed by atoms with Crippen LogP contribution in [0.3, 0.4) is 0 Å². The molecule has 3 aromatic heterocycles. The summed E-state index contributed by atoms with van der Waals surface area (Å²) in [6, 6.07) is 6.76. The van der Waals surface area contributed by atoms with E-state index in [9.17, 15) is 18.0 Å². The Kier molecular flexibility index (Phi) is 6.91. The van der Waals surface area contributed by atoms with Gasteiger partial charge >= 0.3 is 12.1 Å². The van der Waals surface area contributed by atoms with Gasteiger partial charge in [0.2, 0.25) is 0 Å². The van der Waals surface area contributed by atoms with Crippen molar-refractivity contribution in [1.82, 2.24) is 24.8 Å². The Bertz CT molecular complexity index is 1170. The largest absolute Gasteiger partial charge is 0.471 e. The molecule has 4 rings (SSSR count). The highest BCUT2D eigenvalue weighted by Crippen LogP contribution is 2.30. The van der Waals surface area contributed by atoms with E-state index in [0.29, 0.717) is 42.0 Å². The molecule has 0 bridgehead atoms. The number of amides is 1. The van der Waals surface area contributed by atoms with Crippen molar-refractivity contribution in [3.05, 3.63) is 51.9 Å². The molecule has 1 saturated heterocycles. The van der Waals surface area contributed by atoms with E-state index >= 15 is 0 Å². The van der Waals surface area contributed by atoms with Gasteiger partial charge in [-0.05, 0) is 76.9 Å². The zero-order valence-corrected chi connectivity index (χ0v) is 20.5. The number of aromatic nitrogens is 3. The van der Waals surface area contributed by atoms with Crippen molar-refractivity contribution >= 4 is 27.6 Å². The summed E-state index contributed by atoms with van der Waals surface area (Å²) in [7, 11) is 0. The van der Waals surface area contributed by atoms with E-state index in [1.54, 1.807) is 37.3 Å². The monoisotopic (exact) mass is 491 g/mol. The minimum atomic E-state index is -4.93. The molecule has 182 valence electrons. The van der Waals surface area contributed by atoms with Crippen molar-refractivity contribution in [2.45, 2.75) is 65.3 Å². The van der Waals surface area contributed by atoms with Gasteiger partial charge in [-0.1, -0.05) is 0 Å². The van der Waals surface area contributed by atoms with E-state index in [1.807, 2.05) is 26.0 Å². The van der Waals surface area contributed by atoms with Crippen LogP contribution in [0.2, 0.25) is 0 Å². The molecule has 0 N–H and O–H groups in total. The van der Waals surface area contributed by atoms with E-state index in [0.717, 1.165) is 26.8 Å². The topological polar surface area (TPSA) is 62.2 Å². The average molecular weight is 492 g/mol. The van der Waals surface area contributed by atoms with Crippen LogP contribution in [0.4, 0.5) is 13.2 Å². The van der Waals surface area contributed by atoms with Crippen LogP contribution in [-0.4, -0.2) is 56.0 Å². The number of rotatable bonds is 5. The molecule has 0 saturated carbocycles. The molecule has 0 spiro atoms. The Balaban J connectivity index is 1.57. The van der Waals surface area contributed by atoms with Gasteiger partial charge in [0.25, 0.3) is 0 Å². The fraction of sp³-hybridized carbons (Fsp3) is 0.500. The summed E-state index contributed by atoms with van der Waals surface area (Å²) in [5.41, 5.74) is 3.60. The number of hydrogen-bond donors (Lipinski definition) is 0. The summed E-state index contributed by atoms with van der Waals surface area (Å²) < 4.78 is 41.7. The number of halogens is 3. The van der Waals surface area contributed by atoms with Gasteiger partial charge in [-0.2, -0.15) is 13.2 Å². The molecule has 4 heterocycles. The number of aryl methyl sites for hydroxylation is 3. The Morgan fingerprint density at radius 2 is 1.88 bits per heavy atom. The summed E-state index contributed by atoms with van der Waals surface area (Å²) in [6.45, 7) is 8.51. The molecule has 1 aliphatic heterocycles. The second-order valence-corrected chi connectivity index (χ2v) is 10.2. The molecule has 0 aliphatic carbocycles. The zero-order valence-electron chi connectivity index (χ0n) is 19.7. The van der Waals surface area contributed by atoms with Crippen LogP contribution >= 0.6 is 11.3 Å². The molecular formula is C24H28F3N5OS. The van der Waals surface area contributed by atoms with Crippen molar-refractivity contribution in [2.24, 2.45) is 0 Å². The maximum absolute atomic E-state index is 13.6. The third-order valence-electron chi connectivity index (χ3n) is 6.22. The summed E-state index contributed by atoms with van der Waals surface area (Å²) >= 11 is 1.58. The van der Waals surface area contributed by atoms with Crippen molar-refractivity contribution in [3.8, 4) is 0 Å². The lowest BCUT2D eigenvalue weighted by atomic mass is 10.00. The molecule has 34 heavy (non-hydrogen) atoms. The SMILES string of the molecule is Cc1cc(CN(C(=O)C(F)(F)F)[C@H]2CCCN(C(C)c3ccc4sc(C)nc4n3)C2)cc(C)n1. The number of carbonyl (C=O) groups excluding carboxylic acids is 1. The first kappa shape index (κ1) is 24.5. The first-order valence-corrected chi connectivity index (χ1v) is 12.1. The predicted octanol–water partition coefficient (Wildman–Crippen LogP) is 5.13. The number of nitrogens with zero attached hydrogens (tertiary/aromatic N) is 5. The lowest BCUT2D eigenvalue weighted by molar-refractivity contribution is -0.189. The maximum Gasteiger partial charge on any atom is 0.471 e. The van der Waals surface area contributed by atoms with Crippen LogP contribution in [0.25, 0.3) is 10.3 Å². The van der Waals surface area contributed by atoms with Crippen LogP contribution < -0.4 is 0 Å². The fourth-order valence-corrected chi connectivity index (χ4v) is 5.46. The first-order chi connectivity index (χ1) is 16.0. The molecule has 1 fully saturated rings. The van der Waals surface area contributed by atoms with Crippen LogP contribution in [0.5, 0.6) is 0 Å². The van der Waals surface area contributed by atoms with Crippen molar-refractivity contribution < 1.29 is 18.0 Å². The summed E-state index contributed by atoms with van der Waals surface area (Å²) in [4.78, 5) is 29.0. The van der Waals surface area contributed by atoms with E-state index in [1.165, 1.54) is 0 Å². The fourth-order valence-electron chi connectivity index (χ4n) is 4.69. The van der Waals surface area contributed by atoms with E-state index in [4.69, 9.17) is 4.98 Å². The summed E-state index contributed by atoms with van der Waals surface area (Å²) in [5.74, 6) is -1.79. The number of thiazole rings is 1. The van der Waals surface area contributed by atoms with Gasteiger partial charge in [0.05, 0.1) is 15.4 Å². The standard InChI is InChI=1S/C24H28F3N5OS/c1-14-10-18(11-15(2)28-14)12-32(23(33)24(25,26)27)19-6-5-9-31(13-19)16(3)20-7-8-21-22(30-20)29-17(4)34-21/h7-8,10-11,16,19H,5-6,9,12-13H2,1-4H3/t16?,19-/m0/s1. The number of fused-ring (bicyclic) bond motifs is 1. The van der Waals surface area contributed by atoms with E-state index < -0.39 is 18.1 Å². The molecule has 0 aromatic carbocycles. The molecular weight excluding hydrogens is 463 g/mol. The summed E-state index contributed by atoms with van der Waals surface area (Å²) in [5, 5.41) is 0.938. The molecule has 1 aliphatic rings. The van der Waals surface area contributed by atoms with Crippen molar-refractivity contribution in [3.63, 3.8) is 0 Å². The van der Waals surface area contributed by atoms with Gasteiger partial charge in [-0.3, -0.25) is 14.7 Å². The number of carbonyl (C=O) groups is 1. The van der Waals surface area contributed by atoms with Crippen LogP contribution in [0, 0.1) is 20.8 Å². The third-order valence-corrected chi connectivity index (χ3v) is 7.15. The van der Waals surface area contributed by atoms with Crippen LogP contribution in [0.1, 0.15) is 53.5 Å². The van der Waals surface area contributed by atoms with Crippen molar-refractivity contribution in [1.29, 1.82) is 0 Å². The molecule has 0 radical (unpaired) electrons. The number of alkyl halides is 3. The number of pyridine rings is 2. The lowest BCUT2D eigenvalue weighted by Gasteiger charge is -2.41. The number of piperidine rings is 1. The average Bonchev–Trinajstić information content (AvgIpc) is 3.14. The van der Waals surface area contributed by atoms with Crippen molar-refractivity contribution in [2.75, 3.05) is 13.1 Å². The van der Waals surface area contributed by atoms with E-state index in [-0.39, 0.29) is 12.6 Å². The quantitative estimate of drug-likeness (QED) is 0.495. The molecule has 1 unspecified atom stereocenters.